The van der Waals surface area contributed by atoms with Crippen LogP contribution in [0.4, 0.5) is 11.6 Å². The molecule has 6 nitrogen and oxygen atoms in total. The molecule has 1 aliphatic heterocycles. The lowest BCUT2D eigenvalue weighted by Crippen LogP contribution is -2.51. The Kier molecular flexibility index (Phi) is 3.10. The van der Waals surface area contributed by atoms with Gasteiger partial charge in [-0.15, -0.1) is 0 Å². The van der Waals surface area contributed by atoms with E-state index in [1.807, 2.05) is 24.5 Å². The summed E-state index contributed by atoms with van der Waals surface area (Å²) in [4.78, 5) is 11.4. The quantitative estimate of drug-likeness (QED) is 0.626. The maximum atomic E-state index is 4.21. The highest BCUT2D eigenvalue weighted by Gasteiger charge is 2.16. The van der Waals surface area contributed by atoms with Crippen molar-refractivity contribution in [3.63, 3.8) is 0 Å². The molecule has 2 aromatic rings. The van der Waals surface area contributed by atoms with Crippen molar-refractivity contribution in [3.05, 3.63) is 36.4 Å². The van der Waals surface area contributed by atoms with E-state index < -0.39 is 0 Å². The molecule has 0 unspecified atom stereocenters. The van der Waals surface area contributed by atoms with E-state index in [4.69, 9.17) is 0 Å². The van der Waals surface area contributed by atoms with Crippen molar-refractivity contribution < 1.29 is 0 Å². The first-order valence-electron chi connectivity index (χ1n) is 6.05. The molecular weight excluding hydrogens is 228 g/mol. The third kappa shape index (κ3) is 2.60. The fourth-order valence-electron chi connectivity index (χ4n) is 1.79. The van der Waals surface area contributed by atoms with Gasteiger partial charge in [0.1, 0.15) is 18.0 Å². The van der Waals surface area contributed by atoms with Gasteiger partial charge in [0.05, 0.1) is 6.04 Å². The Morgan fingerprint density at radius 3 is 2.89 bits per heavy atom. The molecule has 0 aliphatic carbocycles. The van der Waals surface area contributed by atoms with Crippen LogP contribution in [0, 0.1) is 0 Å². The van der Waals surface area contributed by atoms with Gasteiger partial charge in [-0.1, -0.05) is 0 Å². The summed E-state index contributed by atoms with van der Waals surface area (Å²) < 4.78 is 0. The van der Waals surface area contributed by atoms with Crippen LogP contribution in [0.3, 0.4) is 0 Å². The van der Waals surface area contributed by atoms with Gasteiger partial charge in [0.25, 0.3) is 0 Å². The minimum Gasteiger partial charge on any atom is -0.367 e. The molecule has 94 valence electrons. The second kappa shape index (κ2) is 5.05. The highest BCUT2D eigenvalue weighted by atomic mass is 15.1. The van der Waals surface area contributed by atoms with Crippen molar-refractivity contribution in [1.29, 1.82) is 0 Å². The zero-order chi connectivity index (χ0) is 12.2. The highest BCUT2D eigenvalue weighted by molar-refractivity contribution is 5.47. The van der Waals surface area contributed by atoms with Gasteiger partial charge in [-0.3, -0.25) is 0 Å². The van der Waals surface area contributed by atoms with Gasteiger partial charge in [-0.2, -0.15) is 0 Å². The summed E-state index contributed by atoms with van der Waals surface area (Å²) in [6.45, 7) is 2.75. The van der Waals surface area contributed by atoms with Crippen molar-refractivity contribution in [1.82, 2.24) is 20.3 Å². The Labute approximate surface area is 105 Å². The third-order valence-corrected chi connectivity index (χ3v) is 2.94. The Bertz CT molecular complexity index is 491. The first-order chi connectivity index (χ1) is 8.90. The maximum absolute atomic E-state index is 4.21. The molecule has 18 heavy (non-hydrogen) atoms. The minimum atomic E-state index is 0.484. The summed E-state index contributed by atoms with van der Waals surface area (Å²) in [5, 5.41) is 9.84. The Hall–Kier alpha value is -2.08. The molecule has 2 aromatic heterocycles. The van der Waals surface area contributed by atoms with Crippen LogP contribution >= 0.6 is 0 Å². The topological polar surface area (TPSA) is 77.7 Å². The Morgan fingerprint density at radius 2 is 2.17 bits per heavy atom. The van der Waals surface area contributed by atoms with Gasteiger partial charge in [0, 0.05) is 38.1 Å². The van der Waals surface area contributed by atoms with Crippen LogP contribution in [-0.2, 0) is 6.54 Å². The molecule has 0 bridgehead atoms. The van der Waals surface area contributed by atoms with E-state index in [-0.39, 0.29) is 0 Å². The van der Waals surface area contributed by atoms with Crippen molar-refractivity contribution in [3.8, 4) is 0 Å². The first-order valence-corrected chi connectivity index (χ1v) is 6.05. The van der Waals surface area contributed by atoms with E-state index in [0.717, 1.165) is 31.3 Å². The number of rotatable bonds is 5. The van der Waals surface area contributed by atoms with Gasteiger partial charge in [0.15, 0.2) is 0 Å². The lowest BCUT2D eigenvalue weighted by Gasteiger charge is -2.28. The van der Waals surface area contributed by atoms with Gasteiger partial charge < -0.3 is 20.9 Å². The van der Waals surface area contributed by atoms with Crippen LogP contribution in [0.2, 0.25) is 0 Å². The normalized spacial score (nSPS) is 15.1. The van der Waals surface area contributed by atoms with Gasteiger partial charge >= 0.3 is 0 Å². The summed E-state index contributed by atoms with van der Waals surface area (Å²) in [6, 6.07) is 4.45. The van der Waals surface area contributed by atoms with Crippen LogP contribution in [0.15, 0.2) is 30.9 Å². The van der Waals surface area contributed by atoms with Crippen LogP contribution in [0.5, 0.6) is 0 Å². The maximum Gasteiger partial charge on any atom is 0.131 e. The number of anilines is 2. The molecule has 1 saturated heterocycles. The predicted octanol–water partition coefficient (Wildman–Crippen LogP) is 0.800. The van der Waals surface area contributed by atoms with Gasteiger partial charge in [-0.25, -0.2) is 9.97 Å². The third-order valence-electron chi connectivity index (χ3n) is 2.94. The van der Waals surface area contributed by atoms with E-state index in [9.17, 15) is 0 Å². The predicted molar refractivity (Wildman–Crippen MR) is 70.4 cm³/mol. The van der Waals surface area contributed by atoms with Crippen LogP contribution in [0.25, 0.3) is 0 Å². The molecule has 0 amide bonds. The summed E-state index contributed by atoms with van der Waals surface area (Å²) in [5.41, 5.74) is 1.20. The summed E-state index contributed by atoms with van der Waals surface area (Å²) >= 11 is 0. The van der Waals surface area contributed by atoms with Gasteiger partial charge in [0.2, 0.25) is 0 Å². The smallest absolute Gasteiger partial charge is 0.131 e. The molecule has 3 rings (SSSR count). The van der Waals surface area contributed by atoms with E-state index >= 15 is 0 Å². The molecule has 1 aliphatic rings. The highest BCUT2D eigenvalue weighted by Crippen LogP contribution is 2.12. The standard InChI is InChI=1S/C12H16N6/c1-2-13-4-9(1)5-15-11-3-12(17-8-16-11)18-10-6-14-7-10/h1-4,8,10,13-14H,5-7H2,(H2,15,16,17,18). The molecule has 0 spiro atoms. The molecule has 0 aromatic carbocycles. The van der Waals surface area contributed by atoms with Crippen LogP contribution in [-0.4, -0.2) is 34.1 Å². The second-order valence-corrected chi connectivity index (χ2v) is 4.36. The van der Waals surface area contributed by atoms with E-state index in [2.05, 4.69) is 30.9 Å². The van der Waals surface area contributed by atoms with Crippen molar-refractivity contribution in [2.45, 2.75) is 12.6 Å². The number of hydrogen-bond donors (Lipinski definition) is 4. The fourth-order valence-corrected chi connectivity index (χ4v) is 1.79. The molecule has 1 fully saturated rings. The minimum absolute atomic E-state index is 0.484. The largest absolute Gasteiger partial charge is 0.367 e. The van der Waals surface area contributed by atoms with Gasteiger partial charge in [-0.05, 0) is 11.6 Å². The summed E-state index contributed by atoms with van der Waals surface area (Å²) in [6.07, 6.45) is 5.45. The molecule has 0 saturated carbocycles. The lowest BCUT2D eigenvalue weighted by molar-refractivity contribution is 0.471. The van der Waals surface area contributed by atoms with E-state index in [0.29, 0.717) is 6.04 Å². The van der Waals surface area contributed by atoms with Crippen LogP contribution < -0.4 is 16.0 Å². The molecule has 0 atom stereocenters. The number of nitrogens with one attached hydrogen (secondary N) is 4. The van der Waals surface area contributed by atoms with Crippen molar-refractivity contribution >= 4 is 11.6 Å². The van der Waals surface area contributed by atoms with Crippen molar-refractivity contribution in [2.24, 2.45) is 0 Å². The number of H-pyrrole nitrogens is 1. The summed E-state index contributed by atoms with van der Waals surface area (Å²) in [7, 11) is 0. The average molecular weight is 244 g/mol. The number of aromatic amines is 1. The van der Waals surface area contributed by atoms with Crippen LogP contribution in [0.1, 0.15) is 5.56 Å². The molecular formula is C12H16N6. The first kappa shape index (κ1) is 11.0. The molecule has 3 heterocycles. The summed E-state index contributed by atoms with van der Waals surface area (Å²) in [5.74, 6) is 1.70. The second-order valence-electron chi connectivity index (χ2n) is 4.36. The number of aromatic nitrogens is 3. The Morgan fingerprint density at radius 1 is 1.28 bits per heavy atom. The zero-order valence-electron chi connectivity index (χ0n) is 9.98. The number of hydrogen-bond acceptors (Lipinski definition) is 5. The molecule has 0 radical (unpaired) electrons. The number of nitrogens with zero attached hydrogens (tertiary/aromatic N) is 2. The lowest BCUT2D eigenvalue weighted by atomic mass is 10.2. The SMILES string of the molecule is c1nc(NCc2cc[nH]c2)cc(NC2CNC2)n1. The van der Waals surface area contributed by atoms with Crippen molar-refractivity contribution in [2.75, 3.05) is 23.7 Å². The average Bonchev–Trinajstić information content (AvgIpc) is 2.85. The fraction of sp³-hybridized carbons (Fsp3) is 0.333. The van der Waals surface area contributed by atoms with E-state index in [1.165, 1.54) is 5.56 Å². The monoisotopic (exact) mass is 244 g/mol. The zero-order valence-corrected chi connectivity index (χ0v) is 9.98. The molecule has 6 heteroatoms. The molecule has 4 N–H and O–H groups in total. The van der Waals surface area contributed by atoms with E-state index in [1.54, 1.807) is 6.33 Å². The Balaban J connectivity index is 1.59.